The van der Waals surface area contributed by atoms with Gasteiger partial charge >= 0.3 is 0 Å². The van der Waals surface area contributed by atoms with Crippen LogP contribution in [0.3, 0.4) is 0 Å². The van der Waals surface area contributed by atoms with Crippen LogP contribution in [0, 0.1) is 19.7 Å². The van der Waals surface area contributed by atoms with Crippen molar-refractivity contribution < 1.29 is 9.18 Å². The lowest BCUT2D eigenvalue weighted by Gasteiger charge is -2.22. The maximum Gasteiger partial charge on any atom is 0.257 e. The molecule has 0 aliphatic carbocycles. The third kappa shape index (κ3) is 3.99. The zero-order valence-corrected chi connectivity index (χ0v) is 16.2. The van der Waals surface area contributed by atoms with E-state index in [4.69, 9.17) is 0 Å². The van der Waals surface area contributed by atoms with Crippen LogP contribution in [0.25, 0.3) is 5.78 Å². The summed E-state index contributed by atoms with van der Waals surface area (Å²) in [5.74, 6) is -0.0272. The molecule has 0 aliphatic heterocycles. The summed E-state index contributed by atoms with van der Waals surface area (Å²) >= 11 is 0. The van der Waals surface area contributed by atoms with E-state index < -0.39 is 11.7 Å². The molecule has 0 radical (unpaired) electrons. The number of fused-ring (bicyclic) bond motifs is 1. The minimum atomic E-state index is -0.549. The highest BCUT2D eigenvalue weighted by molar-refractivity contribution is 5.94. The average Bonchev–Trinajstić information content (AvgIpc) is 3.11. The van der Waals surface area contributed by atoms with E-state index in [9.17, 15) is 9.18 Å². The molecule has 6 nitrogen and oxygen atoms in total. The molecule has 0 atom stereocenters. The largest absolute Gasteiger partial charge is 0.327 e. The first-order valence-corrected chi connectivity index (χ1v) is 9.29. The molecule has 0 aliphatic rings. The van der Waals surface area contributed by atoms with Crippen molar-refractivity contribution in [3.05, 3.63) is 94.8 Å². The highest BCUT2D eigenvalue weighted by Gasteiger charge is 2.22. The van der Waals surface area contributed by atoms with Gasteiger partial charge in [0.2, 0.25) is 0 Å². The molecule has 7 heteroatoms. The second-order valence-electron chi connectivity index (χ2n) is 6.91. The van der Waals surface area contributed by atoms with Crippen LogP contribution in [0.4, 0.5) is 4.39 Å². The molecule has 2 aromatic heterocycles. The van der Waals surface area contributed by atoms with Crippen LogP contribution in [-0.2, 0) is 13.1 Å². The summed E-state index contributed by atoms with van der Waals surface area (Å²) in [4.78, 5) is 23.5. The van der Waals surface area contributed by atoms with Gasteiger partial charge in [-0.1, -0.05) is 42.5 Å². The number of hydrogen-bond donors (Lipinski definition) is 0. The predicted molar refractivity (Wildman–Crippen MR) is 107 cm³/mol. The number of aromatic nitrogens is 4. The van der Waals surface area contributed by atoms with E-state index in [1.54, 1.807) is 21.5 Å². The fourth-order valence-corrected chi connectivity index (χ4v) is 3.25. The Bertz CT molecular complexity index is 1170. The van der Waals surface area contributed by atoms with Gasteiger partial charge in [0.25, 0.3) is 11.7 Å². The van der Waals surface area contributed by atoms with Crippen molar-refractivity contribution in [2.75, 3.05) is 0 Å². The van der Waals surface area contributed by atoms with Crippen LogP contribution in [-0.4, -0.2) is 30.4 Å². The van der Waals surface area contributed by atoms with Gasteiger partial charge in [0.05, 0.1) is 12.1 Å². The van der Waals surface area contributed by atoms with Gasteiger partial charge in [-0.25, -0.2) is 13.9 Å². The molecule has 4 aromatic rings. The Morgan fingerprint density at radius 1 is 1.00 bits per heavy atom. The van der Waals surface area contributed by atoms with Crippen LogP contribution in [0.5, 0.6) is 0 Å². The Kier molecular flexibility index (Phi) is 5.03. The van der Waals surface area contributed by atoms with E-state index in [-0.39, 0.29) is 12.1 Å². The van der Waals surface area contributed by atoms with E-state index in [0.717, 1.165) is 17.0 Å². The maximum atomic E-state index is 14.2. The van der Waals surface area contributed by atoms with Crippen LogP contribution in [0.15, 0.2) is 60.7 Å². The second-order valence-corrected chi connectivity index (χ2v) is 6.91. The SMILES string of the molecule is Cc1cc(C)n2nc(CN(Cc3ccccc3)C(=O)c3ccccc3F)nc2n1. The first-order chi connectivity index (χ1) is 14.0. The molecule has 0 unspecified atom stereocenters. The van der Waals surface area contributed by atoms with Crippen molar-refractivity contribution in [2.45, 2.75) is 26.9 Å². The number of halogens is 1. The molecule has 4 rings (SSSR count). The van der Waals surface area contributed by atoms with Gasteiger partial charge in [0, 0.05) is 17.9 Å². The van der Waals surface area contributed by atoms with Gasteiger partial charge in [-0.05, 0) is 37.6 Å². The number of nitrogens with zero attached hydrogens (tertiary/aromatic N) is 5. The lowest BCUT2D eigenvalue weighted by molar-refractivity contribution is 0.0720. The molecule has 146 valence electrons. The molecule has 2 aromatic carbocycles. The highest BCUT2D eigenvalue weighted by Crippen LogP contribution is 2.16. The van der Waals surface area contributed by atoms with E-state index in [1.807, 2.05) is 50.2 Å². The number of hydrogen-bond acceptors (Lipinski definition) is 4. The van der Waals surface area contributed by atoms with E-state index in [2.05, 4.69) is 15.1 Å². The number of carbonyl (C=O) groups is 1. The van der Waals surface area contributed by atoms with Gasteiger partial charge in [0.1, 0.15) is 5.82 Å². The van der Waals surface area contributed by atoms with Gasteiger partial charge in [-0.3, -0.25) is 4.79 Å². The molecule has 0 fully saturated rings. The Balaban J connectivity index is 1.69. The van der Waals surface area contributed by atoms with Gasteiger partial charge in [-0.15, -0.1) is 5.10 Å². The monoisotopic (exact) mass is 389 g/mol. The molecule has 0 N–H and O–H groups in total. The van der Waals surface area contributed by atoms with Crippen LogP contribution >= 0.6 is 0 Å². The summed E-state index contributed by atoms with van der Waals surface area (Å²) in [6, 6.07) is 17.5. The third-order valence-electron chi connectivity index (χ3n) is 4.60. The van der Waals surface area contributed by atoms with Crippen molar-refractivity contribution in [1.82, 2.24) is 24.5 Å². The number of benzene rings is 2. The third-order valence-corrected chi connectivity index (χ3v) is 4.60. The van der Waals surface area contributed by atoms with Crippen molar-refractivity contribution in [3.63, 3.8) is 0 Å². The predicted octanol–water partition coefficient (Wildman–Crippen LogP) is 3.72. The molecule has 0 saturated carbocycles. The summed E-state index contributed by atoms with van der Waals surface area (Å²) in [5, 5.41) is 4.49. The lowest BCUT2D eigenvalue weighted by Crippen LogP contribution is -2.31. The minimum absolute atomic E-state index is 0.0253. The van der Waals surface area contributed by atoms with Crippen LogP contribution in [0.1, 0.15) is 33.1 Å². The number of rotatable bonds is 5. The summed E-state index contributed by atoms with van der Waals surface area (Å²) < 4.78 is 15.9. The Morgan fingerprint density at radius 3 is 2.48 bits per heavy atom. The number of carbonyl (C=O) groups excluding carboxylic acids is 1. The van der Waals surface area contributed by atoms with Crippen molar-refractivity contribution in [1.29, 1.82) is 0 Å². The highest BCUT2D eigenvalue weighted by atomic mass is 19.1. The summed E-state index contributed by atoms with van der Waals surface area (Å²) in [7, 11) is 0. The zero-order valence-electron chi connectivity index (χ0n) is 16.2. The van der Waals surface area contributed by atoms with Gasteiger partial charge < -0.3 is 4.90 Å². The number of amides is 1. The van der Waals surface area contributed by atoms with Crippen molar-refractivity contribution in [3.8, 4) is 0 Å². The topological polar surface area (TPSA) is 63.4 Å². The first kappa shape index (κ1) is 18.7. The summed E-state index contributed by atoms with van der Waals surface area (Å²) in [6.45, 7) is 4.27. The van der Waals surface area contributed by atoms with Crippen LogP contribution < -0.4 is 0 Å². The average molecular weight is 389 g/mol. The molecule has 0 saturated heterocycles. The fourth-order valence-electron chi connectivity index (χ4n) is 3.25. The molecular formula is C22H20FN5O. The minimum Gasteiger partial charge on any atom is -0.327 e. The zero-order chi connectivity index (χ0) is 20.4. The van der Waals surface area contributed by atoms with Gasteiger partial charge in [0.15, 0.2) is 5.82 Å². The number of aryl methyl sites for hydroxylation is 2. The molecule has 2 heterocycles. The van der Waals surface area contributed by atoms with Crippen molar-refractivity contribution in [2.24, 2.45) is 0 Å². The molecule has 1 amide bonds. The first-order valence-electron chi connectivity index (χ1n) is 9.29. The molecule has 29 heavy (non-hydrogen) atoms. The molecular weight excluding hydrogens is 369 g/mol. The Labute approximate surface area is 167 Å². The fraction of sp³-hybridized carbons (Fsp3) is 0.182. The second kappa shape index (κ2) is 7.79. The molecule has 0 spiro atoms. The Morgan fingerprint density at radius 2 is 1.72 bits per heavy atom. The molecule has 0 bridgehead atoms. The standard InChI is InChI=1S/C22H20FN5O/c1-15-12-16(2)28-22(24-15)25-20(26-28)14-27(13-17-8-4-3-5-9-17)21(29)18-10-6-7-11-19(18)23/h3-12H,13-14H2,1-2H3. The Hall–Kier alpha value is -3.61. The van der Waals surface area contributed by atoms with Gasteiger partial charge in [-0.2, -0.15) is 4.98 Å². The van der Waals surface area contributed by atoms with E-state index >= 15 is 0 Å². The maximum absolute atomic E-state index is 14.2. The van der Waals surface area contributed by atoms with E-state index in [1.165, 1.54) is 12.1 Å². The van der Waals surface area contributed by atoms with E-state index in [0.29, 0.717) is 18.1 Å². The normalized spacial score (nSPS) is 11.0. The summed E-state index contributed by atoms with van der Waals surface area (Å²) in [6.07, 6.45) is 0. The summed E-state index contributed by atoms with van der Waals surface area (Å²) in [5.41, 5.74) is 2.71. The quantitative estimate of drug-likeness (QED) is 0.522. The van der Waals surface area contributed by atoms with Crippen LogP contribution in [0.2, 0.25) is 0 Å². The lowest BCUT2D eigenvalue weighted by atomic mass is 10.1. The smallest absolute Gasteiger partial charge is 0.257 e. The van der Waals surface area contributed by atoms with Crippen molar-refractivity contribution >= 4 is 11.7 Å².